The van der Waals surface area contributed by atoms with Crippen molar-refractivity contribution in [1.29, 1.82) is 0 Å². The Kier molecular flexibility index (Phi) is 3.87. The highest BCUT2D eigenvalue weighted by atomic mass is 19.1. The maximum Gasteiger partial charge on any atom is 0.116 e. The molecule has 0 aromatic rings. The third-order valence-corrected chi connectivity index (χ3v) is 0.702. The molecule has 54 valence electrons. The molecule has 0 fully saturated rings. The summed E-state index contributed by atoms with van der Waals surface area (Å²) in [7, 11) is 0. The van der Waals surface area contributed by atoms with Gasteiger partial charge in [-0.25, -0.2) is 4.39 Å². The fourth-order valence-corrected chi connectivity index (χ4v) is 0.315. The lowest BCUT2D eigenvalue weighted by atomic mass is 10.3. The molecule has 0 saturated heterocycles. The highest BCUT2D eigenvalue weighted by Gasteiger charge is 1.81. The van der Waals surface area contributed by atoms with E-state index in [0.717, 1.165) is 12.3 Å². The largest absolute Gasteiger partial charge is 0.411 e. The molecule has 0 aliphatic heterocycles. The van der Waals surface area contributed by atoms with Crippen LogP contribution >= 0.6 is 0 Å². The Bertz CT molecular complexity index is 194. The van der Waals surface area contributed by atoms with Gasteiger partial charge in [0.2, 0.25) is 0 Å². The molecule has 0 heterocycles. The first-order valence-corrected chi connectivity index (χ1v) is 2.55. The second kappa shape index (κ2) is 4.49. The SMILES string of the molecule is C=C(F)/C=C\C(=C)/C=N\O. The molecular weight excluding hydrogens is 133 g/mol. The van der Waals surface area contributed by atoms with Gasteiger partial charge in [0.25, 0.3) is 0 Å². The second-order valence-electron chi connectivity index (χ2n) is 1.60. The van der Waals surface area contributed by atoms with E-state index < -0.39 is 5.83 Å². The van der Waals surface area contributed by atoms with Crippen molar-refractivity contribution in [2.75, 3.05) is 0 Å². The van der Waals surface area contributed by atoms with Gasteiger partial charge in [-0.15, -0.1) is 0 Å². The van der Waals surface area contributed by atoms with E-state index in [1.54, 1.807) is 0 Å². The van der Waals surface area contributed by atoms with Crippen molar-refractivity contribution in [3.8, 4) is 0 Å². The quantitative estimate of drug-likeness (QED) is 0.277. The minimum atomic E-state index is -0.563. The molecule has 0 aliphatic carbocycles. The summed E-state index contributed by atoms with van der Waals surface area (Å²) in [4.78, 5) is 0. The van der Waals surface area contributed by atoms with Crippen molar-refractivity contribution in [2.45, 2.75) is 0 Å². The van der Waals surface area contributed by atoms with Gasteiger partial charge < -0.3 is 5.21 Å². The van der Waals surface area contributed by atoms with Gasteiger partial charge in [0.05, 0.1) is 6.21 Å². The average Bonchev–Trinajstić information content (AvgIpc) is 1.85. The zero-order valence-electron chi connectivity index (χ0n) is 5.42. The topological polar surface area (TPSA) is 32.6 Å². The maximum absolute atomic E-state index is 11.9. The smallest absolute Gasteiger partial charge is 0.116 e. The molecule has 2 nitrogen and oxygen atoms in total. The molecule has 1 N–H and O–H groups in total. The van der Waals surface area contributed by atoms with Crippen LogP contribution in [-0.4, -0.2) is 11.4 Å². The first kappa shape index (κ1) is 8.62. The predicted octanol–water partition coefficient (Wildman–Crippen LogP) is 2.04. The first-order chi connectivity index (χ1) is 4.66. The van der Waals surface area contributed by atoms with E-state index in [0.29, 0.717) is 5.57 Å². The Morgan fingerprint density at radius 3 is 2.40 bits per heavy atom. The van der Waals surface area contributed by atoms with Gasteiger partial charge in [0.1, 0.15) is 5.83 Å². The summed E-state index contributed by atoms with van der Waals surface area (Å²) >= 11 is 0. The van der Waals surface area contributed by atoms with Crippen LogP contribution in [0.3, 0.4) is 0 Å². The van der Waals surface area contributed by atoms with Crippen molar-refractivity contribution >= 4 is 6.21 Å². The van der Waals surface area contributed by atoms with Gasteiger partial charge in [-0.05, 0) is 11.6 Å². The van der Waals surface area contributed by atoms with Crippen LogP contribution in [0.25, 0.3) is 0 Å². The molecule has 0 aromatic heterocycles. The molecule has 0 unspecified atom stereocenters. The van der Waals surface area contributed by atoms with Crippen LogP contribution in [-0.2, 0) is 0 Å². The number of allylic oxidation sites excluding steroid dienone is 4. The Morgan fingerprint density at radius 2 is 2.00 bits per heavy atom. The molecule has 0 amide bonds. The van der Waals surface area contributed by atoms with Crippen LogP contribution in [0.15, 0.2) is 41.9 Å². The van der Waals surface area contributed by atoms with Gasteiger partial charge in [-0.3, -0.25) is 0 Å². The lowest BCUT2D eigenvalue weighted by Crippen LogP contribution is -1.75. The summed E-state index contributed by atoms with van der Waals surface area (Å²) in [5.41, 5.74) is 0.404. The number of rotatable bonds is 3. The van der Waals surface area contributed by atoms with Crippen molar-refractivity contribution < 1.29 is 9.60 Å². The minimum Gasteiger partial charge on any atom is -0.411 e. The third kappa shape index (κ3) is 4.77. The van der Waals surface area contributed by atoms with Gasteiger partial charge in [-0.2, -0.15) is 0 Å². The number of oxime groups is 1. The van der Waals surface area contributed by atoms with E-state index >= 15 is 0 Å². The molecule has 0 bridgehead atoms. The number of hydrogen-bond acceptors (Lipinski definition) is 2. The average molecular weight is 141 g/mol. The first-order valence-electron chi connectivity index (χ1n) is 2.55. The Morgan fingerprint density at radius 1 is 1.40 bits per heavy atom. The molecule has 0 spiro atoms. The van der Waals surface area contributed by atoms with Crippen LogP contribution in [0.1, 0.15) is 0 Å². The Hall–Kier alpha value is -1.38. The normalized spacial score (nSPS) is 10.9. The molecule has 0 atom stereocenters. The van der Waals surface area contributed by atoms with E-state index in [-0.39, 0.29) is 0 Å². The summed E-state index contributed by atoms with van der Waals surface area (Å²) in [5.74, 6) is -0.563. The molecule has 0 saturated carbocycles. The van der Waals surface area contributed by atoms with Crippen LogP contribution < -0.4 is 0 Å². The predicted molar refractivity (Wildman–Crippen MR) is 38.8 cm³/mol. The molecule has 0 aromatic carbocycles. The fourth-order valence-electron chi connectivity index (χ4n) is 0.315. The van der Waals surface area contributed by atoms with Gasteiger partial charge >= 0.3 is 0 Å². The van der Waals surface area contributed by atoms with Crippen molar-refractivity contribution in [3.63, 3.8) is 0 Å². The minimum absolute atomic E-state index is 0.404. The van der Waals surface area contributed by atoms with E-state index in [1.807, 2.05) is 0 Å². The van der Waals surface area contributed by atoms with Crippen molar-refractivity contribution in [2.24, 2.45) is 5.16 Å². The highest BCUT2D eigenvalue weighted by molar-refractivity contribution is 5.80. The Balaban J connectivity index is 3.90. The number of hydrogen-bond donors (Lipinski definition) is 1. The molecular formula is C7H8FNO. The summed E-state index contributed by atoms with van der Waals surface area (Å²) < 4.78 is 11.9. The van der Waals surface area contributed by atoms with Crippen molar-refractivity contribution in [3.05, 3.63) is 36.7 Å². The summed E-state index contributed by atoms with van der Waals surface area (Å²) in [6.45, 7) is 6.40. The maximum atomic E-state index is 11.9. The molecule has 3 heteroatoms. The standard InChI is InChI=1S/C7H8FNO/c1-6(5-9-10)3-4-7(2)8/h3-5,10H,1-2H2/b4-3-,9-5-. The van der Waals surface area contributed by atoms with Crippen LogP contribution in [0.4, 0.5) is 4.39 Å². The summed E-state index contributed by atoms with van der Waals surface area (Å²) in [5, 5.41) is 10.6. The summed E-state index contributed by atoms with van der Waals surface area (Å²) in [6, 6.07) is 0. The highest BCUT2D eigenvalue weighted by Crippen LogP contribution is 1.96. The molecule has 10 heavy (non-hydrogen) atoms. The van der Waals surface area contributed by atoms with E-state index in [9.17, 15) is 4.39 Å². The van der Waals surface area contributed by atoms with Gasteiger partial charge in [-0.1, -0.05) is 24.4 Å². The second-order valence-corrected chi connectivity index (χ2v) is 1.60. The molecule has 0 aliphatic rings. The van der Waals surface area contributed by atoms with E-state index in [2.05, 4.69) is 18.3 Å². The van der Waals surface area contributed by atoms with Gasteiger partial charge in [0, 0.05) is 0 Å². The number of halogens is 1. The Labute approximate surface area is 58.7 Å². The van der Waals surface area contributed by atoms with Gasteiger partial charge in [0.15, 0.2) is 0 Å². The monoisotopic (exact) mass is 141 g/mol. The lowest BCUT2D eigenvalue weighted by Gasteiger charge is -1.83. The van der Waals surface area contributed by atoms with Crippen LogP contribution in [0.2, 0.25) is 0 Å². The summed E-state index contributed by atoms with van der Waals surface area (Å²) in [6.07, 6.45) is 3.57. The van der Waals surface area contributed by atoms with Crippen LogP contribution in [0.5, 0.6) is 0 Å². The zero-order chi connectivity index (χ0) is 7.98. The number of nitrogens with zero attached hydrogens (tertiary/aromatic N) is 1. The molecule has 0 radical (unpaired) electrons. The molecule has 0 rings (SSSR count). The van der Waals surface area contributed by atoms with E-state index in [1.165, 1.54) is 6.08 Å². The van der Waals surface area contributed by atoms with Crippen LogP contribution in [0, 0.1) is 0 Å². The van der Waals surface area contributed by atoms with E-state index in [4.69, 9.17) is 5.21 Å². The third-order valence-electron chi connectivity index (χ3n) is 0.702. The lowest BCUT2D eigenvalue weighted by molar-refractivity contribution is 0.322. The zero-order valence-corrected chi connectivity index (χ0v) is 5.42. The van der Waals surface area contributed by atoms with Crippen molar-refractivity contribution in [1.82, 2.24) is 0 Å². The fraction of sp³-hybridized carbons (Fsp3) is 0.